The first-order valence-electron chi connectivity index (χ1n) is 6.90. The zero-order valence-corrected chi connectivity index (χ0v) is 12.3. The highest BCUT2D eigenvalue weighted by Gasteiger charge is 2.18. The van der Waals surface area contributed by atoms with Crippen molar-refractivity contribution in [2.75, 3.05) is 33.9 Å². The first-order valence-corrected chi connectivity index (χ1v) is 6.90. The molecule has 1 N–H and O–H groups in total. The van der Waals surface area contributed by atoms with Crippen molar-refractivity contribution in [1.29, 1.82) is 0 Å². The molecule has 0 bridgehead atoms. The predicted molar refractivity (Wildman–Crippen MR) is 77.0 cm³/mol. The molecule has 0 spiro atoms. The van der Waals surface area contributed by atoms with Gasteiger partial charge in [0.1, 0.15) is 13.2 Å². The Hall–Kier alpha value is -1.75. The Balaban J connectivity index is 2.00. The molecule has 5 heteroatoms. The third kappa shape index (κ3) is 3.42. The van der Waals surface area contributed by atoms with Crippen LogP contribution in [0.15, 0.2) is 18.2 Å². The molecule has 0 aliphatic carbocycles. The highest BCUT2D eigenvalue weighted by Crippen LogP contribution is 2.31. The van der Waals surface area contributed by atoms with Crippen LogP contribution in [-0.2, 0) is 11.3 Å². The lowest BCUT2D eigenvalue weighted by Crippen LogP contribution is -2.35. The Morgan fingerprint density at radius 1 is 1.35 bits per heavy atom. The number of carbonyl (C=O) groups excluding carboxylic acids is 1. The maximum Gasteiger partial charge on any atom is 0.226 e. The Kier molecular flexibility index (Phi) is 4.84. The number of nitrogens with zero attached hydrogens (tertiary/aromatic N) is 1. The normalized spacial score (nSPS) is 14.8. The van der Waals surface area contributed by atoms with Crippen LogP contribution in [0.4, 0.5) is 0 Å². The number of fused-ring (bicyclic) bond motifs is 1. The van der Waals surface area contributed by atoms with E-state index in [1.807, 2.05) is 39.2 Å². The molecule has 0 saturated heterocycles. The van der Waals surface area contributed by atoms with E-state index in [1.54, 1.807) is 4.90 Å². The molecule has 1 atom stereocenters. The molecule has 1 aliphatic rings. The van der Waals surface area contributed by atoms with Gasteiger partial charge < -0.3 is 19.7 Å². The topological polar surface area (TPSA) is 50.8 Å². The summed E-state index contributed by atoms with van der Waals surface area (Å²) in [6, 6.07) is 5.82. The van der Waals surface area contributed by atoms with E-state index >= 15 is 0 Å². The minimum Gasteiger partial charge on any atom is -0.486 e. The molecule has 110 valence electrons. The quantitative estimate of drug-likeness (QED) is 0.881. The van der Waals surface area contributed by atoms with Gasteiger partial charge >= 0.3 is 0 Å². The van der Waals surface area contributed by atoms with Crippen LogP contribution >= 0.6 is 0 Å². The zero-order valence-electron chi connectivity index (χ0n) is 12.3. The smallest absolute Gasteiger partial charge is 0.226 e. The molecular formula is C15H22N2O3. The molecule has 1 aliphatic heterocycles. The van der Waals surface area contributed by atoms with Crippen LogP contribution < -0.4 is 14.8 Å². The Morgan fingerprint density at radius 3 is 2.75 bits per heavy atom. The summed E-state index contributed by atoms with van der Waals surface area (Å²) >= 11 is 0. The summed E-state index contributed by atoms with van der Waals surface area (Å²) in [6.07, 6.45) is 0. The summed E-state index contributed by atoms with van der Waals surface area (Å²) in [5, 5.41) is 3.02. The van der Waals surface area contributed by atoms with Crippen LogP contribution in [0.5, 0.6) is 11.5 Å². The van der Waals surface area contributed by atoms with Gasteiger partial charge in [0.2, 0.25) is 5.91 Å². The van der Waals surface area contributed by atoms with Gasteiger partial charge in [0.05, 0.1) is 0 Å². The van der Waals surface area contributed by atoms with Crippen LogP contribution in [0, 0.1) is 5.92 Å². The summed E-state index contributed by atoms with van der Waals surface area (Å²) in [5.74, 6) is 1.65. The number of benzene rings is 1. The molecule has 20 heavy (non-hydrogen) atoms. The van der Waals surface area contributed by atoms with Crippen molar-refractivity contribution < 1.29 is 14.3 Å². The SMILES string of the molecule is CNCC(C)C(=O)N(C)Cc1ccc2c(c1)OCCO2. The van der Waals surface area contributed by atoms with Crippen molar-refractivity contribution in [3.8, 4) is 11.5 Å². The lowest BCUT2D eigenvalue weighted by atomic mass is 10.1. The summed E-state index contributed by atoms with van der Waals surface area (Å²) < 4.78 is 11.0. The van der Waals surface area contributed by atoms with Crippen LogP contribution in [0.1, 0.15) is 12.5 Å². The molecule has 0 saturated carbocycles. The fourth-order valence-corrected chi connectivity index (χ4v) is 2.31. The molecule has 1 unspecified atom stereocenters. The van der Waals surface area contributed by atoms with Crippen LogP contribution in [0.2, 0.25) is 0 Å². The predicted octanol–water partition coefficient (Wildman–Crippen LogP) is 1.27. The molecule has 2 rings (SSSR count). The Bertz CT molecular complexity index is 476. The lowest BCUT2D eigenvalue weighted by molar-refractivity contribution is -0.134. The Morgan fingerprint density at radius 2 is 2.05 bits per heavy atom. The van der Waals surface area contributed by atoms with Gasteiger partial charge in [0.25, 0.3) is 0 Å². The molecule has 0 fully saturated rings. The number of ether oxygens (including phenoxy) is 2. The van der Waals surface area contributed by atoms with E-state index in [1.165, 1.54) is 0 Å². The summed E-state index contributed by atoms with van der Waals surface area (Å²) in [4.78, 5) is 13.9. The van der Waals surface area contributed by atoms with Crippen molar-refractivity contribution >= 4 is 5.91 Å². The van der Waals surface area contributed by atoms with Crippen LogP contribution in [0.25, 0.3) is 0 Å². The van der Waals surface area contributed by atoms with Crippen molar-refractivity contribution in [2.24, 2.45) is 5.92 Å². The minimum absolute atomic E-state index is 0.0257. The number of hydrogen-bond acceptors (Lipinski definition) is 4. The third-order valence-corrected chi connectivity index (χ3v) is 3.33. The highest BCUT2D eigenvalue weighted by atomic mass is 16.6. The number of rotatable bonds is 5. The molecular weight excluding hydrogens is 256 g/mol. The monoisotopic (exact) mass is 278 g/mol. The van der Waals surface area contributed by atoms with E-state index in [0.717, 1.165) is 17.1 Å². The molecule has 0 aromatic heterocycles. The standard InChI is InChI=1S/C15H22N2O3/c1-11(9-16-2)15(18)17(3)10-12-4-5-13-14(8-12)20-7-6-19-13/h4-5,8,11,16H,6-7,9-10H2,1-3H3. The van der Waals surface area contributed by atoms with Crippen LogP contribution in [-0.4, -0.2) is 44.7 Å². The van der Waals surface area contributed by atoms with Gasteiger partial charge in [0, 0.05) is 26.1 Å². The Labute approximate surface area is 119 Å². The average molecular weight is 278 g/mol. The molecule has 0 radical (unpaired) electrons. The summed E-state index contributed by atoms with van der Waals surface area (Å²) in [6.45, 7) is 4.35. The number of nitrogens with one attached hydrogen (secondary N) is 1. The molecule has 1 amide bonds. The highest BCUT2D eigenvalue weighted by molar-refractivity contribution is 5.78. The fourth-order valence-electron chi connectivity index (χ4n) is 2.31. The van der Waals surface area contributed by atoms with E-state index < -0.39 is 0 Å². The van der Waals surface area contributed by atoms with Crippen LogP contribution in [0.3, 0.4) is 0 Å². The number of hydrogen-bond donors (Lipinski definition) is 1. The second-order valence-electron chi connectivity index (χ2n) is 5.13. The summed E-state index contributed by atoms with van der Waals surface area (Å²) in [5.41, 5.74) is 1.04. The molecule has 5 nitrogen and oxygen atoms in total. The van der Waals surface area contributed by atoms with E-state index in [9.17, 15) is 4.79 Å². The van der Waals surface area contributed by atoms with Crippen molar-refractivity contribution in [3.63, 3.8) is 0 Å². The minimum atomic E-state index is -0.0257. The van der Waals surface area contributed by atoms with Gasteiger partial charge in [-0.25, -0.2) is 0 Å². The van der Waals surface area contributed by atoms with E-state index in [0.29, 0.717) is 26.3 Å². The molecule has 1 aromatic carbocycles. The van der Waals surface area contributed by atoms with Crippen molar-refractivity contribution in [1.82, 2.24) is 10.2 Å². The van der Waals surface area contributed by atoms with E-state index in [2.05, 4.69) is 5.32 Å². The van der Waals surface area contributed by atoms with E-state index in [-0.39, 0.29) is 11.8 Å². The van der Waals surface area contributed by atoms with Gasteiger partial charge in [-0.15, -0.1) is 0 Å². The van der Waals surface area contributed by atoms with Crippen molar-refractivity contribution in [2.45, 2.75) is 13.5 Å². The molecule has 1 aromatic rings. The first kappa shape index (κ1) is 14.7. The van der Waals surface area contributed by atoms with Gasteiger partial charge in [-0.05, 0) is 24.7 Å². The van der Waals surface area contributed by atoms with Gasteiger partial charge in [-0.1, -0.05) is 13.0 Å². The van der Waals surface area contributed by atoms with Gasteiger partial charge in [-0.3, -0.25) is 4.79 Å². The first-order chi connectivity index (χ1) is 9.61. The third-order valence-electron chi connectivity index (χ3n) is 3.33. The van der Waals surface area contributed by atoms with Gasteiger partial charge in [0.15, 0.2) is 11.5 Å². The fraction of sp³-hybridized carbons (Fsp3) is 0.533. The number of carbonyl (C=O) groups is 1. The maximum absolute atomic E-state index is 12.2. The maximum atomic E-state index is 12.2. The largest absolute Gasteiger partial charge is 0.486 e. The second-order valence-corrected chi connectivity index (χ2v) is 5.13. The number of amides is 1. The van der Waals surface area contributed by atoms with Gasteiger partial charge in [-0.2, -0.15) is 0 Å². The summed E-state index contributed by atoms with van der Waals surface area (Å²) in [7, 11) is 3.68. The zero-order chi connectivity index (χ0) is 14.5. The molecule has 1 heterocycles. The second kappa shape index (κ2) is 6.61. The lowest BCUT2D eigenvalue weighted by Gasteiger charge is -2.23. The van der Waals surface area contributed by atoms with E-state index in [4.69, 9.17) is 9.47 Å². The average Bonchev–Trinajstić information content (AvgIpc) is 2.46. The van der Waals surface area contributed by atoms with Crippen molar-refractivity contribution in [3.05, 3.63) is 23.8 Å².